The molecule has 21 heavy (non-hydrogen) atoms. The molecule has 1 aliphatic rings. The molecule has 0 bridgehead atoms. The van der Waals surface area contributed by atoms with Crippen molar-refractivity contribution in [1.29, 1.82) is 0 Å². The summed E-state index contributed by atoms with van der Waals surface area (Å²) in [6, 6.07) is 0.103. The van der Waals surface area contributed by atoms with Gasteiger partial charge in [0.05, 0.1) is 5.88 Å². The quantitative estimate of drug-likeness (QED) is 0.766. The zero-order valence-electron chi connectivity index (χ0n) is 13.0. The van der Waals surface area contributed by atoms with Crippen LogP contribution in [0.1, 0.15) is 56.1 Å². The molecule has 1 fully saturated rings. The van der Waals surface area contributed by atoms with Gasteiger partial charge in [-0.25, -0.2) is 8.42 Å². The lowest BCUT2D eigenvalue weighted by Gasteiger charge is -2.34. The van der Waals surface area contributed by atoms with Crippen LogP contribution in [0.4, 0.5) is 0 Å². The topological polar surface area (TPSA) is 50.5 Å². The third-order valence-electron chi connectivity index (χ3n) is 4.22. The fourth-order valence-corrected chi connectivity index (χ4v) is 5.77. The number of nitrogens with zero attached hydrogens (tertiary/aromatic N) is 1. The number of hydrogen-bond acceptors (Lipinski definition) is 3. The molecule has 0 N–H and O–H groups in total. The summed E-state index contributed by atoms with van der Waals surface area (Å²) in [4.78, 5) is 0.290. The van der Waals surface area contributed by atoms with Gasteiger partial charge in [0.25, 0.3) is 0 Å². The maximum Gasteiger partial charge on any atom is 0.247 e. The van der Waals surface area contributed by atoms with E-state index in [0.29, 0.717) is 23.6 Å². The molecule has 1 aromatic rings. The SMILES string of the molecule is CCCC1CCCCN1S(=O)(=O)c1c(C)oc(C)c1CCl. The highest BCUT2D eigenvalue weighted by atomic mass is 35.5. The lowest BCUT2D eigenvalue weighted by molar-refractivity contribution is 0.239. The van der Waals surface area contributed by atoms with Gasteiger partial charge in [0.2, 0.25) is 10.0 Å². The Balaban J connectivity index is 2.45. The van der Waals surface area contributed by atoms with Gasteiger partial charge in [0.1, 0.15) is 16.4 Å². The first kappa shape index (κ1) is 16.8. The zero-order valence-corrected chi connectivity index (χ0v) is 14.6. The Morgan fingerprint density at radius 2 is 2.00 bits per heavy atom. The van der Waals surface area contributed by atoms with Crippen molar-refractivity contribution >= 4 is 21.6 Å². The van der Waals surface area contributed by atoms with Crippen molar-refractivity contribution < 1.29 is 12.8 Å². The van der Waals surface area contributed by atoms with Gasteiger partial charge in [0, 0.05) is 18.2 Å². The minimum absolute atomic E-state index is 0.103. The Kier molecular flexibility index (Phi) is 5.38. The van der Waals surface area contributed by atoms with Crippen molar-refractivity contribution in [2.24, 2.45) is 0 Å². The van der Waals surface area contributed by atoms with E-state index in [1.807, 2.05) is 0 Å². The van der Waals surface area contributed by atoms with Crippen LogP contribution in [0.2, 0.25) is 0 Å². The van der Waals surface area contributed by atoms with Crippen LogP contribution < -0.4 is 0 Å². The summed E-state index contributed by atoms with van der Waals surface area (Å²) < 4.78 is 33.4. The fraction of sp³-hybridized carbons (Fsp3) is 0.733. The van der Waals surface area contributed by atoms with Gasteiger partial charge in [0.15, 0.2) is 0 Å². The molecule has 4 nitrogen and oxygen atoms in total. The van der Waals surface area contributed by atoms with Crippen LogP contribution in [-0.4, -0.2) is 25.3 Å². The Bertz CT molecular complexity index is 592. The second kappa shape index (κ2) is 6.71. The van der Waals surface area contributed by atoms with Crippen LogP contribution >= 0.6 is 11.6 Å². The number of alkyl halides is 1. The Hall–Kier alpha value is -0.520. The monoisotopic (exact) mass is 333 g/mol. The van der Waals surface area contributed by atoms with E-state index >= 15 is 0 Å². The lowest BCUT2D eigenvalue weighted by atomic mass is 10.0. The Morgan fingerprint density at radius 1 is 1.29 bits per heavy atom. The predicted octanol–water partition coefficient (Wildman–Crippen LogP) is 3.98. The molecular weight excluding hydrogens is 310 g/mol. The average molecular weight is 334 g/mol. The van der Waals surface area contributed by atoms with Crippen molar-refractivity contribution in [3.8, 4) is 0 Å². The maximum atomic E-state index is 13.1. The van der Waals surface area contributed by atoms with Gasteiger partial charge in [-0.3, -0.25) is 0 Å². The molecule has 1 aromatic heterocycles. The van der Waals surface area contributed by atoms with Crippen LogP contribution in [-0.2, 0) is 15.9 Å². The molecule has 0 aliphatic carbocycles. The van der Waals surface area contributed by atoms with Gasteiger partial charge < -0.3 is 4.42 Å². The first-order chi connectivity index (χ1) is 9.93. The highest BCUT2D eigenvalue weighted by molar-refractivity contribution is 7.89. The number of halogens is 1. The van der Waals surface area contributed by atoms with Crippen LogP contribution in [0, 0.1) is 13.8 Å². The summed E-state index contributed by atoms with van der Waals surface area (Å²) in [6.07, 6.45) is 4.86. The fourth-order valence-electron chi connectivity index (χ4n) is 3.23. The number of hydrogen-bond donors (Lipinski definition) is 0. The number of sulfonamides is 1. The van der Waals surface area contributed by atoms with E-state index in [9.17, 15) is 8.42 Å². The molecule has 6 heteroatoms. The molecule has 1 aliphatic heterocycles. The van der Waals surface area contributed by atoms with Gasteiger partial charge in [-0.15, -0.1) is 11.6 Å². The largest absolute Gasteiger partial charge is 0.465 e. The molecular formula is C15H24ClNO3S. The highest BCUT2D eigenvalue weighted by Crippen LogP contribution is 2.34. The van der Waals surface area contributed by atoms with E-state index in [0.717, 1.165) is 32.1 Å². The third-order valence-corrected chi connectivity index (χ3v) is 6.64. The average Bonchev–Trinajstić information content (AvgIpc) is 2.74. The van der Waals surface area contributed by atoms with Crippen molar-refractivity contribution in [3.05, 3.63) is 17.1 Å². The zero-order chi connectivity index (χ0) is 15.6. The number of furan rings is 1. The predicted molar refractivity (Wildman–Crippen MR) is 84.2 cm³/mol. The highest BCUT2D eigenvalue weighted by Gasteiger charge is 2.37. The molecule has 0 saturated carbocycles. The molecule has 1 unspecified atom stereocenters. The summed E-state index contributed by atoms with van der Waals surface area (Å²) in [5, 5.41) is 0. The van der Waals surface area contributed by atoms with Crippen molar-refractivity contribution in [3.63, 3.8) is 0 Å². The van der Waals surface area contributed by atoms with Crippen molar-refractivity contribution in [2.75, 3.05) is 6.54 Å². The summed E-state index contributed by atoms with van der Waals surface area (Å²) >= 11 is 5.95. The van der Waals surface area contributed by atoms with Gasteiger partial charge in [-0.1, -0.05) is 19.8 Å². The van der Waals surface area contributed by atoms with Crippen LogP contribution in [0.15, 0.2) is 9.31 Å². The molecule has 120 valence electrons. The summed E-state index contributed by atoms with van der Waals surface area (Å²) in [5.41, 5.74) is 0.606. The van der Waals surface area contributed by atoms with Crippen molar-refractivity contribution in [2.45, 2.75) is 69.7 Å². The van der Waals surface area contributed by atoms with E-state index in [1.165, 1.54) is 0 Å². The minimum atomic E-state index is -3.53. The number of rotatable bonds is 5. The third kappa shape index (κ3) is 3.15. The summed E-state index contributed by atoms with van der Waals surface area (Å²) in [6.45, 7) is 6.16. The summed E-state index contributed by atoms with van der Waals surface area (Å²) in [7, 11) is -3.53. The number of aryl methyl sites for hydroxylation is 2. The second-order valence-corrected chi connectivity index (χ2v) is 7.80. The van der Waals surface area contributed by atoms with Crippen LogP contribution in [0.25, 0.3) is 0 Å². The molecule has 0 aromatic carbocycles. The molecule has 0 amide bonds. The maximum absolute atomic E-state index is 13.1. The minimum Gasteiger partial charge on any atom is -0.465 e. The van der Waals surface area contributed by atoms with E-state index < -0.39 is 10.0 Å². The smallest absolute Gasteiger partial charge is 0.247 e. The summed E-state index contributed by atoms with van der Waals surface area (Å²) in [5.74, 6) is 1.21. The van der Waals surface area contributed by atoms with Gasteiger partial charge in [-0.05, 0) is 33.1 Å². The molecule has 2 rings (SSSR count). The molecule has 2 heterocycles. The second-order valence-electron chi connectivity index (χ2n) is 5.71. The first-order valence-electron chi connectivity index (χ1n) is 7.60. The van der Waals surface area contributed by atoms with E-state index in [1.54, 1.807) is 18.2 Å². The standard InChI is InChI=1S/C15H24ClNO3S/c1-4-7-13-8-5-6-9-17(13)21(18,19)15-12(3)20-11(2)14(15)10-16/h13H,4-10H2,1-3H3. The Morgan fingerprint density at radius 3 is 2.62 bits per heavy atom. The molecule has 0 spiro atoms. The van der Waals surface area contributed by atoms with E-state index in [4.69, 9.17) is 16.0 Å². The molecule has 1 saturated heterocycles. The number of piperidine rings is 1. The van der Waals surface area contributed by atoms with E-state index in [2.05, 4.69) is 6.92 Å². The Labute approximate surface area is 132 Å². The van der Waals surface area contributed by atoms with Crippen LogP contribution in [0.5, 0.6) is 0 Å². The van der Waals surface area contributed by atoms with Crippen molar-refractivity contribution in [1.82, 2.24) is 4.31 Å². The molecule has 0 radical (unpaired) electrons. The normalized spacial score (nSPS) is 20.9. The molecule has 1 atom stereocenters. The van der Waals surface area contributed by atoms with Gasteiger partial charge >= 0.3 is 0 Å². The first-order valence-corrected chi connectivity index (χ1v) is 9.57. The lowest BCUT2D eigenvalue weighted by Crippen LogP contribution is -2.43. The van der Waals surface area contributed by atoms with Crippen LogP contribution in [0.3, 0.4) is 0 Å². The van der Waals surface area contributed by atoms with Gasteiger partial charge in [-0.2, -0.15) is 4.31 Å². The van der Waals surface area contributed by atoms with E-state index in [-0.39, 0.29) is 16.8 Å².